The summed E-state index contributed by atoms with van der Waals surface area (Å²) in [7, 11) is 0. The number of hydrogen-bond donors (Lipinski definition) is 2. The predicted octanol–water partition coefficient (Wildman–Crippen LogP) is 2.47. The van der Waals surface area contributed by atoms with Crippen molar-refractivity contribution in [3.63, 3.8) is 0 Å². The zero-order valence-electron chi connectivity index (χ0n) is 18.4. The Morgan fingerprint density at radius 3 is 2.41 bits per heavy atom. The zero-order valence-corrected chi connectivity index (χ0v) is 19.1. The number of Topliss-reactive ketones (excluding diaryl/α,β-unsaturated/α-hetero) is 1. The van der Waals surface area contributed by atoms with Crippen LogP contribution >= 0.6 is 11.6 Å². The van der Waals surface area contributed by atoms with E-state index in [-0.39, 0.29) is 37.2 Å². The molecule has 0 spiro atoms. The summed E-state index contributed by atoms with van der Waals surface area (Å²) in [4.78, 5) is 61.8. The van der Waals surface area contributed by atoms with Crippen LogP contribution in [0.3, 0.4) is 0 Å². The van der Waals surface area contributed by atoms with E-state index in [2.05, 4.69) is 10.6 Å². The van der Waals surface area contributed by atoms with Crippen LogP contribution in [0.1, 0.15) is 29.5 Å². The highest BCUT2D eigenvalue weighted by molar-refractivity contribution is 6.31. The van der Waals surface area contributed by atoms with Crippen molar-refractivity contribution in [2.45, 2.75) is 38.6 Å². The maximum Gasteiger partial charge on any atom is 0.278 e. The second-order valence-corrected chi connectivity index (χ2v) is 8.74. The number of piperidine rings is 1. The van der Waals surface area contributed by atoms with Crippen LogP contribution < -0.4 is 10.6 Å². The Balaban J connectivity index is 1.35. The van der Waals surface area contributed by atoms with E-state index in [1.807, 2.05) is 19.1 Å². The van der Waals surface area contributed by atoms with Crippen molar-refractivity contribution in [3.8, 4) is 0 Å². The lowest BCUT2D eigenvalue weighted by molar-refractivity contribution is -0.149. The highest BCUT2D eigenvalue weighted by atomic mass is 35.5. The molecule has 1 fully saturated rings. The van der Waals surface area contributed by atoms with Crippen LogP contribution in [0, 0.1) is 6.92 Å². The van der Waals surface area contributed by atoms with Crippen molar-refractivity contribution in [1.29, 1.82) is 0 Å². The number of amides is 4. The summed E-state index contributed by atoms with van der Waals surface area (Å²) in [5, 5.41) is 5.68. The molecule has 2 heterocycles. The largest absolute Gasteiger partial charge is 0.351 e. The maximum atomic E-state index is 12.7. The Labute approximate surface area is 201 Å². The molecule has 1 atom stereocenters. The van der Waals surface area contributed by atoms with Gasteiger partial charge in [-0.1, -0.05) is 35.9 Å². The Kier molecular flexibility index (Phi) is 6.61. The van der Waals surface area contributed by atoms with Gasteiger partial charge in [-0.05, 0) is 48.2 Å². The second kappa shape index (κ2) is 9.61. The minimum atomic E-state index is -1.01. The van der Waals surface area contributed by atoms with Gasteiger partial charge in [0.05, 0.1) is 0 Å². The molecule has 2 aromatic rings. The number of imide groups is 2. The summed E-state index contributed by atoms with van der Waals surface area (Å²) in [5.41, 5.74) is 3.21. The molecular weight excluding hydrogens is 458 g/mol. The highest BCUT2D eigenvalue weighted by Gasteiger charge is 2.42. The number of benzene rings is 2. The van der Waals surface area contributed by atoms with Crippen LogP contribution in [0.25, 0.3) is 0 Å². The van der Waals surface area contributed by atoms with E-state index in [9.17, 15) is 24.0 Å². The zero-order chi connectivity index (χ0) is 24.4. The first-order valence-corrected chi connectivity index (χ1v) is 11.1. The minimum Gasteiger partial charge on any atom is -0.351 e. The monoisotopic (exact) mass is 479 g/mol. The van der Waals surface area contributed by atoms with E-state index in [1.54, 1.807) is 30.3 Å². The molecule has 34 heavy (non-hydrogen) atoms. The van der Waals surface area contributed by atoms with Gasteiger partial charge in [0.15, 0.2) is 0 Å². The Morgan fingerprint density at radius 1 is 1.06 bits per heavy atom. The molecule has 1 saturated heterocycles. The third-order valence-corrected chi connectivity index (χ3v) is 6.16. The number of nitrogens with zero attached hydrogens (tertiary/aromatic N) is 1. The van der Waals surface area contributed by atoms with Gasteiger partial charge in [0, 0.05) is 36.0 Å². The Hall–Kier alpha value is -3.78. The highest BCUT2D eigenvalue weighted by Crippen LogP contribution is 2.23. The van der Waals surface area contributed by atoms with Crippen molar-refractivity contribution in [3.05, 3.63) is 76.0 Å². The first-order chi connectivity index (χ1) is 16.2. The van der Waals surface area contributed by atoms with Crippen LogP contribution in [0.15, 0.2) is 54.2 Å². The number of hydrogen-bond acceptors (Lipinski definition) is 6. The fraction of sp³-hybridized carbons (Fsp3) is 0.240. The Bertz CT molecular complexity index is 1240. The number of anilines is 1. The number of carbonyl (C=O) groups excluding carboxylic acids is 5. The molecular formula is C25H22ClN3O5. The molecule has 0 radical (unpaired) electrons. The van der Waals surface area contributed by atoms with E-state index < -0.39 is 29.7 Å². The number of ketones is 1. The van der Waals surface area contributed by atoms with Gasteiger partial charge in [-0.25, -0.2) is 0 Å². The first-order valence-electron chi connectivity index (χ1n) is 10.8. The molecule has 1 unspecified atom stereocenters. The fourth-order valence-corrected chi connectivity index (χ4v) is 4.13. The molecule has 2 aliphatic rings. The van der Waals surface area contributed by atoms with E-state index in [1.165, 1.54) is 0 Å². The number of halogens is 1. The number of rotatable bonds is 7. The molecule has 0 bridgehead atoms. The van der Waals surface area contributed by atoms with Crippen LogP contribution in [0.4, 0.5) is 5.69 Å². The second-order valence-electron chi connectivity index (χ2n) is 8.34. The van der Waals surface area contributed by atoms with Crippen molar-refractivity contribution < 1.29 is 24.0 Å². The van der Waals surface area contributed by atoms with E-state index in [0.717, 1.165) is 27.7 Å². The average molecular weight is 480 g/mol. The summed E-state index contributed by atoms with van der Waals surface area (Å²) in [6, 6.07) is 11.5. The molecule has 2 aliphatic heterocycles. The molecule has 0 aliphatic carbocycles. The predicted molar refractivity (Wildman–Crippen MR) is 125 cm³/mol. The lowest BCUT2D eigenvalue weighted by Crippen LogP contribution is -2.54. The van der Waals surface area contributed by atoms with Gasteiger partial charge in [0.2, 0.25) is 11.8 Å². The molecule has 4 amide bonds. The lowest BCUT2D eigenvalue weighted by atomic mass is 10.0. The SMILES string of the molecule is Cc1ccc(CC(=O)Cc2ccc(NC3=CC(=O)N(C4CCC(=O)NC4=O)C3=O)cc2)cc1Cl. The number of nitrogens with one attached hydrogen (secondary N) is 2. The smallest absolute Gasteiger partial charge is 0.278 e. The third kappa shape index (κ3) is 5.07. The van der Waals surface area contributed by atoms with Crippen molar-refractivity contribution >= 4 is 46.7 Å². The van der Waals surface area contributed by atoms with E-state index in [0.29, 0.717) is 10.7 Å². The van der Waals surface area contributed by atoms with Gasteiger partial charge in [-0.3, -0.25) is 34.2 Å². The minimum absolute atomic E-state index is 0.0368. The number of carbonyl (C=O) groups is 5. The molecule has 174 valence electrons. The van der Waals surface area contributed by atoms with Crippen LogP contribution in [-0.2, 0) is 36.8 Å². The molecule has 4 rings (SSSR count). The van der Waals surface area contributed by atoms with Gasteiger partial charge >= 0.3 is 0 Å². The van der Waals surface area contributed by atoms with E-state index >= 15 is 0 Å². The van der Waals surface area contributed by atoms with E-state index in [4.69, 9.17) is 11.6 Å². The quantitative estimate of drug-likeness (QED) is 0.590. The molecule has 2 N–H and O–H groups in total. The van der Waals surface area contributed by atoms with Crippen molar-refractivity contribution in [2.24, 2.45) is 0 Å². The summed E-state index contributed by atoms with van der Waals surface area (Å²) in [5.74, 6) is -2.28. The lowest BCUT2D eigenvalue weighted by Gasteiger charge is -2.28. The fourth-order valence-electron chi connectivity index (χ4n) is 3.92. The Morgan fingerprint density at radius 2 is 1.74 bits per heavy atom. The molecule has 0 saturated carbocycles. The van der Waals surface area contributed by atoms with Crippen molar-refractivity contribution in [2.75, 3.05) is 5.32 Å². The molecule has 8 nitrogen and oxygen atoms in total. The molecule has 0 aromatic heterocycles. The van der Waals surface area contributed by atoms with Crippen LogP contribution in [0.2, 0.25) is 5.02 Å². The van der Waals surface area contributed by atoms with Gasteiger partial charge in [-0.15, -0.1) is 0 Å². The summed E-state index contributed by atoms with van der Waals surface area (Å²) < 4.78 is 0. The third-order valence-electron chi connectivity index (χ3n) is 5.75. The topological polar surface area (TPSA) is 113 Å². The van der Waals surface area contributed by atoms with Crippen molar-refractivity contribution in [1.82, 2.24) is 10.2 Å². The molecule has 2 aromatic carbocycles. The molecule has 9 heteroatoms. The van der Waals surface area contributed by atoms with Gasteiger partial charge in [-0.2, -0.15) is 0 Å². The first kappa shape index (κ1) is 23.4. The van der Waals surface area contributed by atoms with Gasteiger partial charge in [0.1, 0.15) is 17.5 Å². The summed E-state index contributed by atoms with van der Waals surface area (Å²) >= 11 is 6.13. The summed E-state index contributed by atoms with van der Waals surface area (Å²) in [6.45, 7) is 1.90. The van der Waals surface area contributed by atoms with Crippen LogP contribution in [-0.4, -0.2) is 40.4 Å². The number of aryl methyl sites for hydroxylation is 1. The standard InChI is InChI=1S/C25H22ClN3O5/c1-14-2-3-16(12-19(14)26)11-18(30)10-15-4-6-17(7-5-15)27-20-13-23(32)29(25(20)34)21-8-9-22(31)28-24(21)33/h2-7,12-13,21,27H,8-11H2,1H3,(H,28,31,33). The maximum absolute atomic E-state index is 12.7. The normalized spacial score (nSPS) is 18.1. The summed E-state index contributed by atoms with van der Waals surface area (Å²) in [6.07, 6.45) is 1.82. The average Bonchev–Trinajstić information content (AvgIpc) is 3.05. The van der Waals surface area contributed by atoms with Crippen LogP contribution in [0.5, 0.6) is 0 Å². The van der Waals surface area contributed by atoms with Gasteiger partial charge in [0.25, 0.3) is 11.8 Å². The van der Waals surface area contributed by atoms with Gasteiger partial charge < -0.3 is 5.32 Å².